The fraction of sp³-hybridized carbons (Fsp3) is 0.533. The molecule has 114 valence electrons. The summed E-state index contributed by atoms with van der Waals surface area (Å²) in [7, 11) is 0. The number of para-hydroxylation sites is 1. The zero-order valence-corrected chi connectivity index (χ0v) is 12.1. The van der Waals surface area contributed by atoms with Crippen LogP contribution in [0.3, 0.4) is 0 Å². The first kappa shape index (κ1) is 14.2. The molecule has 2 heterocycles. The summed E-state index contributed by atoms with van der Waals surface area (Å²) < 4.78 is 10.7. The summed E-state index contributed by atoms with van der Waals surface area (Å²) in [6, 6.07) is 5.39. The number of rotatable bonds is 3. The van der Waals surface area contributed by atoms with Crippen molar-refractivity contribution in [3.63, 3.8) is 0 Å². The molecule has 1 saturated heterocycles. The third kappa shape index (κ3) is 2.96. The van der Waals surface area contributed by atoms with Crippen LogP contribution in [0.1, 0.15) is 17.3 Å². The molecule has 0 spiro atoms. The van der Waals surface area contributed by atoms with E-state index in [0.717, 1.165) is 13.1 Å². The number of piperazine rings is 1. The van der Waals surface area contributed by atoms with Gasteiger partial charge in [-0.15, -0.1) is 0 Å². The van der Waals surface area contributed by atoms with E-state index in [-0.39, 0.29) is 18.8 Å². The second-order valence-electron chi connectivity index (χ2n) is 5.48. The van der Waals surface area contributed by atoms with Gasteiger partial charge in [-0.25, -0.2) is 0 Å². The molecule has 0 unspecified atom stereocenters. The predicted octanol–water partition coefficient (Wildman–Crippen LogP) is 0.554. The molecule has 1 N–H and O–H groups in total. The topological polar surface area (TPSA) is 62.2 Å². The van der Waals surface area contributed by atoms with Crippen molar-refractivity contribution < 1.29 is 19.4 Å². The molecule has 1 aromatic carbocycles. The quantitative estimate of drug-likeness (QED) is 0.882. The molecule has 1 atom stereocenters. The maximum absolute atomic E-state index is 12.6. The van der Waals surface area contributed by atoms with Crippen molar-refractivity contribution in [1.29, 1.82) is 0 Å². The van der Waals surface area contributed by atoms with Gasteiger partial charge >= 0.3 is 0 Å². The van der Waals surface area contributed by atoms with Crippen LogP contribution in [0.5, 0.6) is 11.5 Å². The molecular formula is C15H20N2O4. The Kier molecular flexibility index (Phi) is 3.98. The Hall–Kier alpha value is -1.79. The van der Waals surface area contributed by atoms with E-state index in [1.807, 2.05) is 11.0 Å². The van der Waals surface area contributed by atoms with Crippen LogP contribution in [0.2, 0.25) is 0 Å². The summed E-state index contributed by atoms with van der Waals surface area (Å²) in [4.78, 5) is 16.6. The number of hydrogen-bond donors (Lipinski definition) is 1. The Balaban J connectivity index is 1.66. The van der Waals surface area contributed by atoms with E-state index < -0.39 is 0 Å². The van der Waals surface area contributed by atoms with Crippen LogP contribution >= 0.6 is 0 Å². The Labute approximate surface area is 123 Å². The van der Waals surface area contributed by atoms with Crippen molar-refractivity contribution >= 4 is 5.91 Å². The molecule has 3 rings (SSSR count). The molecular weight excluding hydrogens is 272 g/mol. The van der Waals surface area contributed by atoms with Crippen LogP contribution in [0.15, 0.2) is 18.2 Å². The van der Waals surface area contributed by atoms with Gasteiger partial charge in [0.15, 0.2) is 11.5 Å². The number of fused-ring (bicyclic) bond motifs is 1. The highest BCUT2D eigenvalue weighted by Gasteiger charge is 2.27. The first-order valence-corrected chi connectivity index (χ1v) is 7.23. The van der Waals surface area contributed by atoms with Crippen molar-refractivity contribution in [2.75, 3.05) is 39.5 Å². The molecule has 1 fully saturated rings. The van der Waals surface area contributed by atoms with Crippen LogP contribution in [0.25, 0.3) is 0 Å². The standard InChI is InChI=1S/C15H20N2O4/c1-11(18)9-16-5-7-17(8-6-16)15(19)12-3-2-4-13-14(12)21-10-20-13/h2-4,11,18H,5-10H2,1H3/t11-/m0/s1. The van der Waals surface area contributed by atoms with Gasteiger partial charge in [0.25, 0.3) is 5.91 Å². The third-order valence-corrected chi connectivity index (χ3v) is 3.81. The summed E-state index contributed by atoms with van der Waals surface area (Å²) in [6.07, 6.45) is -0.338. The monoisotopic (exact) mass is 292 g/mol. The highest BCUT2D eigenvalue weighted by Crippen LogP contribution is 2.35. The SMILES string of the molecule is C[C@H](O)CN1CCN(C(=O)c2cccc3c2OCO3)CC1. The number of aliphatic hydroxyl groups excluding tert-OH is 1. The zero-order valence-electron chi connectivity index (χ0n) is 12.1. The Morgan fingerprint density at radius 1 is 1.29 bits per heavy atom. The van der Waals surface area contributed by atoms with E-state index >= 15 is 0 Å². The highest BCUT2D eigenvalue weighted by molar-refractivity contribution is 5.98. The summed E-state index contributed by atoms with van der Waals surface area (Å²) in [6.45, 7) is 5.49. The van der Waals surface area contributed by atoms with Crippen molar-refractivity contribution in [3.8, 4) is 11.5 Å². The fourth-order valence-corrected chi connectivity index (χ4v) is 2.78. The molecule has 2 aliphatic rings. The number of carbonyl (C=O) groups is 1. The Bertz CT molecular complexity index is 524. The van der Waals surface area contributed by atoms with E-state index in [9.17, 15) is 9.90 Å². The van der Waals surface area contributed by atoms with Crippen molar-refractivity contribution in [3.05, 3.63) is 23.8 Å². The average molecular weight is 292 g/mol. The first-order chi connectivity index (χ1) is 10.1. The smallest absolute Gasteiger partial charge is 0.257 e. The van der Waals surface area contributed by atoms with Gasteiger partial charge in [0.05, 0.1) is 11.7 Å². The molecule has 2 aliphatic heterocycles. The minimum atomic E-state index is -0.338. The molecule has 0 aliphatic carbocycles. The molecule has 0 radical (unpaired) electrons. The normalized spacial score (nSPS) is 19.6. The van der Waals surface area contributed by atoms with Gasteiger partial charge in [0, 0.05) is 32.7 Å². The summed E-state index contributed by atoms with van der Waals surface area (Å²) in [5.41, 5.74) is 0.564. The van der Waals surface area contributed by atoms with E-state index in [0.29, 0.717) is 36.7 Å². The maximum atomic E-state index is 12.6. The van der Waals surface area contributed by atoms with Gasteiger partial charge in [-0.3, -0.25) is 9.69 Å². The minimum Gasteiger partial charge on any atom is -0.454 e. The Morgan fingerprint density at radius 2 is 2.05 bits per heavy atom. The number of β-amino-alcohol motifs (C(OH)–C–C–N with tert-alkyl or cyclic N) is 1. The largest absolute Gasteiger partial charge is 0.454 e. The lowest BCUT2D eigenvalue weighted by molar-refractivity contribution is 0.0551. The van der Waals surface area contributed by atoms with E-state index in [2.05, 4.69) is 4.90 Å². The van der Waals surface area contributed by atoms with Crippen LogP contribution in [0.4, 0.5) is 0 Å². The van der Waals surface area contributed by atoms with Crippen molar-refractivity contribution in [2.24, 2.45) is 0 Å². The van der Waals surface area contributed by atoms with Gasteiger partial charge < -0.3 is 19.5 Å². The lowest BCUT2D eigenvalue weighted by atomic mass is 10.1. The minimum absolute atomic E-state index is 0.0194. The molecule has 0 bridgehead atoms. The molecule has 6 heteroatoms. The van der Waals surface area contributed by atoms with Crippen molar-refractivity contribution in [1.82, 2.24) is 9.80 Å². The van der Waals surface area contributed by atoms with Gasteiger partial charge in [0.1, 0.15) is 0 Å². The number of aliphatic hydroxyl groups is 1. The van der Waals surface area contributed by atoms with E-state index in [4.69, 9.17) is 9.47 Å². The fourth-order valence-electron chi connectivity index (χ4n) is 2.78. The molecule has 0 aromatic heterocycles. The Morgan fingerprint density at radius 3 is 2.76 bits per heavy atom. The van der Waals surface area contributed by atoms with Crippen LogP contribution in [0, 0.1) is 0 Å². The molecule has 1 aromatic rings. The summed E-state index contributed by atoms with van der Waals surface area (Å²) in [5.74, 6) is 1.16. The molecule has 6 nitrogen and oxygen atoms in total. The summed E-state index contributed by atoms with van der Waals surface area (Å²) in [5, 5.41) is 9.41. The number of ether oxygens (including phenoxy) is 2. The van der Waals surface area contributed by atoms with Gasteiger partial charge in [0.2, 0.25) is 6.79 Å². The number of nitrogens with zero attached hydrogens (tertiary/aromatic N) is 2. The molecule has 1 amide bonds. The molecule has 21 heavy (non-hydrogen) atoms. The van der Waals surface area contributed by atoms with Gasteiger partial charge in [-0.1, -0.05) is 6.07 Å². The second-order valence-corrected chi connectivity index (χ2v) is 5.48. The van der Waals surface area contributed by atoms with Gasteiger partial charge in [-0.2, -0.15) is 0 Å². The van der Waals surface area contributed by atoms with E-state index in [1.54, 1.807) is 19.1 Å². The van der Waals surface area contributed by atoms with Crippen LogP contribution < -0.4 is 9.47 Å². The van der Waals surface area contributed by atoms with E-state index in [1.165, 1.54) is 0 Å². The van der Waals surface area contributed by atoms with Crippen LogP contribution in [-0.4, -0.2) is 66.4 Å². The zero-order chi connectivity index (χ0) is 14.8. The maximum Gasteiger partial charge on any atom is 0.257 e. The number of amides is 1. The first-order valence-electron chi connectivity index (χ1n) is 7.23. The number of carbonyl (C=O) groups excluding carboxylic acids is 1. The average Bonchev–Trinajstić information content (AvgIpc) is 2.95. The lowest BCUT2D eigenvalue weighted by Crippen LogP contribution is -2.50. The second kappa shape index (κ2) is 5.91. The van der Waals surface area contributed by atoms with Gasteiger partial charge in [-0.05, 0) is 19.1 Å². The number of benzene rings is 1. The predicted molar refractivity (Wildman–Crippen MR) is 76.6 cm³/mol. The summed E-state index contributed by atoms with van der Waals surface area (Å²) >= 11 is 0. The molecule has 0 saturated carbocycles. The van der Waals surface area contributed by atoms with Crippen molar-refractivity contribution in [2.45, 2.75) is 13.0 Å². The lowest BCUT2D eigenvalue weighted by Gasteiger charge is -2.35. The highest BCUT2D eigenvalue weighted by atomic mass is 16.7. The number of hydrogen-bond acceptors (Lipinski definition) is 5. The van der Waals surface area contributed by atoms with Crippen LogP contribution in [-0.2, 0) is 0 Å². The third-order valence-electron chi connectivity index (χ3n) is 3.81.